The number of hydrogen-bond acceptors (Lipinski definition) is 2. The van der Waals surface area contributed by atoms with Crippen molar-refractivity contribution in [3.05, 3.63) is 11.8 Å². The second kappa shape index (κ2) is 4.66. The molecule has 0 aromatic rings. The second-order valence-electron chi connectivity index (χ2n) is 4.59. The third-order valence-corrected chi connectivity index (χ3v) is 7.06. The van der Waals surface area contributed by atoms with Crippen LogP contribution in [-0.4, -0.2) is 12.6 Å². The molecule has 0 unspecified atom stereocenters. The first-order chi connectivity index (χ1) is 7.12. The SMILES string of the molecule is CC1CCC(OOC2=CC2)([SiH](Cl)Cl)CC1. The molecule has 2 aliphatic rings. The zero-order chi connectivity index (χ0) is 10.9. The zero-order valence-electron chi connectivity index (χ0n) is 8.84. The molecule has 0 aromatic carbocycles. The highest BCUT2D eigenvalue weighted by Crippen LogP contribution is 2.40. The van der Waals surface area contributed by atoms with E-state index in [-0.39, 0.29) is 5.22 Å². The van der Waals surface area contributed by atoms with Crippen molar-refractivity contribution in [1.29, 1.82) is 0 Å². The van der Waals surface area contributed by atoms with E-state index in [9.17, 15) is 0 Å². The van der Waals surface area contributed by atoms with Crippen LogP contribution < -0.4 is 0 Å². The summed E-state index contributed by atoms with van der Waals surface area (Å²) >= 11 is 12.3. The molecular weight excluding hydrogens is 251 g/mol. The van der Waals surface area contributed by atoms with Gasteiger partial charge in [0, 0.05) is 6.42 Å². The minimum atomic E-state index is -1.88. The molecule has 1 saturated carbocycles. The number of allylic oxidation sites excluding steroid dienone is 2. The molecule has 1 fully saturated rings. The van der Waals surface area contributed by atoms with E-state index in [4.69, 9.17) is 31.9 Å². The quantitative estimate of drug-likeness (QED) is 0.336. The first kappa shape index (κ1) is 11.8. The second-order valence-corrected chi connectivity index (χ2v) is 9.53. The van der Waals surface area contributed by atoms with E-state index in [1.165, 1.54) is 0 Å². The van der Waals surface area contributed by atoms with Gasteiger partial charge in [0.2, 0.25) is 0 Å². The van der Waals surface area contributed by atoms with Crippen LogP contribution in [0.2, 0.25) is 0 Å². The van der Waals surface area contributed by atoms with E-state index >= 15 is 0 Å². The van der Waals surface area contributed by atoms with Crippen LogP contribution in [0.3, 0.4) is 0 Å². The summed E-state index contributed by atoms with van der Waals surface area (Å²) < 4.78 is 0. The summed E-state index contributed by atoms with van der Waals surface area (Å²) in [6, 6.07) is 0. The largest absolute Gasteiger partial charge is 0.342 e. The van der Waals surface area contributed by atoms with Crippen molar-refractivity contribution in [3.8, 4) is 0 Å². The molecule has 2 rings (SSSR count). The average molecular weight is 267 g/mol. The van der Waals surface area contributed by atoms with Crippen molar-refractivity contribution in [3.63, 3.8) is 0 Å². The molecule has 0 radical (unpaired) electrons. The molecule has 15 heavy (non-hydrogen) atoms. The van der Waals surface area contributed by atoms with Gasteiger partial charge in [0.05, 0.1) is 0 Å². The van der Waals surface area contributed by atoms with E-state index in [0.29, 0.717) is 0 Å². The lowest BCUT2D eigenvalue weighted by atomic mass is 9.88. The Hall–Kier alpha value is 0.297. The maximum absolute atomic E-state index is 6.14. The molecule has 0 spiro atoms. The molecule has 2 nitrogen and oxygen atoms in total. The summed E-state index contributed by atoms with van der Waals surface area (Å²) in [5.74, 6) is 1.67. The van der Waals surface area contributed by atoms with Crippen molar-refractivity contribution in [2.45, 2.75) is 44.3 Å². The maximum atomic E-state index is 6.14. The fourth-order valence-electron chi connectivity index (χ4n) is 1.83. The summed E-state index contributed by atoms with van der Waals surface area (Å²) in [6.07, 6.45) is 7.02. The van der Waals surface area contributed by atoms with Gasteiger partial charge < -0.3 is 4.89 Å². The normalized spacial score (nSPS) is 35.2. The minimum Gasteiger partial charge on any atom is -0.342 e. The van der Waals surface area contributed by atoms with Crippen molar-refractivity contribution >= 4 is 29.6 Å². The lowest BCUT2D eigenvalue weighted by Crippen LogP contribution is -2.45. The summed E-state index contributed by atoms with van der Waals surface area (Å²) in [6.45, 7) is 2.26. The topological polar surface area (TPSA) is 18.5 Å². The highest BCUT2D eigenvalue weighted by atomic mass is 35.7. The first-order valence-electron chi connectivity index (χ1n) is 5.45. The number of hydrogen-bond donors (Lipinski definition) is 0. The molecule has 86 valence electrons. The Bertz CT molecular complexity index is 260. The average Bonchev–Trinajstić information content (AvgIpc) is 3.01. The molecular formula is C10H16Cl2O2Si. The highest BCUT2D eigenvalue weighted by Gasteiger charge is 2.44. The molecule has 0 amide bonds. The van der Waals surface area contributed by atoms with Gasteiger partial charge in [0.25, 0.3) is 7.42 Å². The van der Waals surface area contributed by atoms with E-state index in [1.807, 2.05) is 6.08 Å². The van der Waals surface area contributed by atoms with Crippen molar-refractivity contribution in [2.24, 2.45) is 5.92 Å². The molecule has 0 aromatic heterocycles. The lowest BCUT2D eigenvalue weighted by molar-refractivity contribution is -0.314. The maximum Gasteiger partial charge on any atom is 0.272 e. The molecule has 0 N–H and O–H groups in total. The van der Waals surface area contributed by atoms with Crippen LogP contribution in [0, 0.1) is 5.92 Å². The Kier molecular flexibility index (Phi) is 3.66. The van der Waals surface area contributed by atoms with Crippen LogP contribution in [0.15, 0.2) is 11.8 Å². The monoisotopic (exact) mass is 266 g/mol. The van der Waals surface area contributed by atoms with Crippen LogP contribution in [0.5, 0.6) is 0 Å². The highest BCUT2D eigenvalue weighted by molar-refractivity contribution is 7.35. The summed E-state index contributed by atoms with van der Waals surface area (Å²) in [5, 5.41) is -0.362. The fraction of sp³-hybridized carbons (Fsp3) is 0.800. The van der Waals surface area contributed by atoms with Crippen LogP contribution in [0.25, 0.3) is 0 Å². The van der Waals surface area contributed by atoms with E-state index in [1.54, 1.807) is 0 Å². The van der Waals surface area contributed by atoms with E-state index in [2.05, 4.69) is 6.92 Å². The Morgan fingerprint density at radius 2 is 2.00 bits per heavy atom. The summed E-state index contributed by atoms with van der Waals surface area (Å²) in [7, 11) is -1.88. The van der Waals surface area contributed by atoms with E-state index in [0.717, 1.165) is 43.8 Å². The van der Waals surface area contributed by atoms with Gasteiger partial charge in [-0.1, -0.05) is 6.92 Å². The Morgan fingerprint density at radius 3 is 2.47 bits per heavy atom. The summed E-state index contributed by atoms with van der Waals surface area (Å²) in [4.78, 5) is 10.8. The summed E-state index contributed by atoms with van der Waals surface area (Å²) in [5.41, 5.74) is 0. The predicted octanol–water partition coefficient (Wildman–Crippen LogP) is 3.41. The molecule has 0 bridgehead atoms. The zero-order valence-corrected chi connectivity index (χ0v) is 11.5. The molecule has 2 aliphatic carbocycles. The van der Waals surface area contributed by atoms with Gasteiger partial charge in [-0.25, -0.2) is 0 Å². The lowest BCUT2D eigenvalue weighted by Gasteiger charge is -2.37. The van der Waals surface area contributed by atoms with Crippen LogP contribution >= 0.6 is 22.2 Å². The van der Waals surface area contributed by atoms with Gasteiger partial charge in [-0.15, -0.1) is 22.2 Å². The van der Waals surface area contributed by atoms with Crippen molar-refractivity contribution in [2.75, 3.05) is 0 Å². The van der Waals surface area contributed by atoms with Gasteiger partial charge in [-0.05, 0) is 37.7 Å². The molecule has 0 aliphatic heterocycles. The van der Waals surface area contributed by atoms with E-state index < -0.39 is 7.42 Å². The minimum absolute atomic E-state index is 0.362. The van der Waals surface area contributed by atoms with Crippen LogP contribution in [0.4, 0.5) is 0 Å². The first-order valence-corrected chi connectivity index (χ1v) is 9.52. The molecule has 0 heterocycles. The van der Waals surface area contributed by atoms with Gasteiger partial charge >= 0.3 is 0 Å². The molecule has 0 saturated heterocycles. The number of rotatable bonds is 4. The third kappa shape index (κ3) is 2.90. The van der Waals surface area contributed by atoms with Gasteiger partial charge in [0.1, 0.15) is 11.0 Å². The standard InChI is InChI=1S/C10H16Cl2O2Si/c1-8-4-6-10(7-5-8,15(11)12)14-13-9-2-3-9/h2,8,15H,3-7H2,1H3. The molecule has 5 heteroatoms. The van der Waals surface area contributed by atoms with Gasteiger partial charge in [-0.2, -0.15) is 4.89 Å². The Balaban J connectivity index is 1.93. The van der Waals surface area contributed by atoms with Crippen molar-refractivity contribution in [1.82, 2.24) is 0 Å². The molecule has 0 atom stereocenters. The predicted molar refractivity (Wildman–Crippen MR) is 64.1 cm³/mol. The van der Waals surface area contributed by atoms with Crippen LogP contribution in [-0.2, 0) is 9.78 Å². The number of halogens is 2. The Morgan fingerprint density at radius 1 is 1.40 bits per heavy atom. The van der Waals surface area contributed by atoms with Crippen molar-refractivity contribution < 1.29 is 9.78 Å². The third-order valence-electron chi connectivity index (χ3n) is 3.20. The smallest absolute Gasteiger partial charge is 0.272 e. The fourth-order valence-corrected chi connectivity index (χ4v) is 4.25. The van der Waals surface area contributed by atoms with Gasteiger partial charge in [-0.3, -0.25) is 0 Å². The van der Waals surface area contributed by atoms with Gasteiger partial charge in [0.15, 0.2) is 0 Å². The van der Waals surface area contributed by atoms with Crippen LogP contribution in [0.1, 0.15) is 39.0 Å². The Labute approximate surface area is 101 Å².